The highest BCUT2D eigenvalue weighted by molar-refractivity contribution is 5.73. The third kappa shape index (κ3) is 2.48. The summed E-state index contributed by atoms with van der Waals surface area (Å²) < 4.78 is 5.26. The average molecular weight is 171 g/mol. The number of methoxy groups -OCH3 is 1. The van der Waals surface area contributed by atoms with Crippen LogP contribution in [0.3, 0.4) is 0 Å². The number of hydrogen-bond donors (Lipinski definition) is 0. The molecule has 3 heteroatoms. The van der Waals surface area contributed by atoms with E-state index in [0.717, 1.165) is 32.4 Å². The highest BCUT2D eigenvalue weighted by Crippen LogP contribution is 2.13. The molecule has 1 unspecified atom stereocenters. The lowest BCUT2D eigenvalue weighted by atomic mass is 10.2. The molecule has 0 N–H and O–H groups in total. The van der Waals surface area contributed by atoms with E-state index < -0.39 is 0 Å². The van der Waals surface area contributed by atoms with Crippen molar-refractivity contribution in [1.29, 1.82) is 0 Å². The van der Waals surface area contributed by atoms with Gasteiger partial charge in [0.25, 0.3) is 0 Å². The van der Waals surface area contributed by atoms with Crippen molar-refractivity contribution < 1.29 is 9.53 Å². The first-order chi connectivity index (χ1) is 5.74. The van der Waals surface area contributed by atoms with E-state index in [1.807, 2.05) is 4.90 Å². The fourth-order valence-corrected chi connectivity index (χ4v) is 1.62. The van der Waals surface area contributed by atoms with E-state index in [4.69, 9.17) is 4.74 Å². The van der Waals surface area contributed by atoms with Crippen molar-refractivity contribution in [2.75, 3.05) is 20.2 Å². The summed E-state index contributed by atoms with van der Waals surface area (Å²) in [7, 11) is 1.74. The Kier molecular flexibility index (Phi) is 3.53. The topological polar surface area (TPSA) is 29.5 Å². The molecule has 0 spiro atoms. The van der Waals surface area contributed by atoms with Crippen molar-refractivity contribution in [2.24, 2.45) is 0 Å². The first kappa shape index (κ1) is 9.52. The minimum atomic E-state index is 0.187. The molecule has 1 aliphatic heterocycles. The molecule has 12 heavy (non-hydrogen) atoms. The Morgan fingerprint density at radius 3 is 2.75 bits per heavy atom. The highest BCUT2D eigenvalue weighted by Gasteiger charge is 2.17. The Morgan fingerprint density at radius 2 is 2.17 bits per heavy atom. The predicted molar refractivity (Wildman–Crippen MR) is 46.9 cm³/mol. The first-order valence-electron chi connectivity index (χ1n) is 4.52. The summed E-state index contributed by atoms with van der Waals surface area (Å²) >= 11 is 0. The Labute approximate surface area is 73.7 Å². The number of rotatable bonds is 1. The molecule has 0 aliphatic carbocycles. The summed E-state index contributed by atoms with van der Waals surface area (Å²) in [5, 5.41) is 0. The van der Waals surface area contributed by atoms with Crippen LogP contribution in [0.5, 0.6) is 0 Å². The molecule has 1 rings (SSSR count). The lowest BCUT2D eigenvalue weighted by Gasteiger charge is -2.17. The summed E-state index contributed by atoms with van der Waals surface area (Å²) in [6.45, 7) is 3.39. The molecular formula is C9H17NO2. The minimum Gasteiger partial charge on any atom is -0.381 e. The van der Waals surface area contributed by atoms with Crippen molar-refractivity contribution in [3.63, 3.8) is 0 Å². The van der Waals surface area contributed by atoms with Gasteiger partial charge in [0.15, 0.2) is 0 Å². The maximum Gasteiger partial charge on any atom is 0.219 e. The molecule has 70 valence electrons. The molecule has 0 saturated carbocycles. The van der Waals surface area contributed by atoms with Crippen LogP contribution < -0.4 is 0 Å². The van der Waals surface area contributed by atoms with Gasteiger partial charge in [0.2, 0.25) is 5.91 Å². The smallest absolute Gasteiger partial charge is 0.219 e. The molecule has 1 saturated heterocycles. The van der Waals surface area contributed by atoms with Gasteiger partial charge in [0, 0.05) is 27.1 Å². The first-order valence-corrected chi connectivity index (χ1v) is 4.52. The van der Waals surface area contributed by atoms with E-state index in [1.165, 1.54) is 0 Å². The van der Waals surface area contributed by atoms with Gasteiger partial charge in [-0.05, 0) is 19.3 Å². The normalized spacial score (nSPS) is 25.2. The van der Waals surface area contributed by atoms with E-state index in [0.29, 0.717) is 6.10 Å². The number of carbonyl (C=O) groups excluding carboxylic acids is 1. The molecular weight excluding hydrogens is 154 g/mol. The van der Waals surface area contributed by atoms with E-state index >= 15 is 0 Å². The molecule has 0 radical (unpaired) electrons. The Morgan fingerprint density at radius 1 is 1.42 bits per heavy atom. The Balaban J connectivity index is 2.39. The molecule has 1 atom stereocenters. The van der Waals surface area contributed by atoms with Crippen LogP contribution in [0.4, 0.5) is 0 Å². The molecule has 1 amide bonds. The van der Waals surface area contributed by atoms with Gasteiger partial charge in [-0.3, -0.25) is 4.79 Å². The van der Waals surface area contributed by atoms with Crippen molar-refractivity contribution in [1.82, 2.24) is 4.90 Å². The van der Waals surface area contributed by atoms with Gasteiger partial charge in [0.1, 0.15) is 0 Å². The number of ether oxygens (including phenoxy) is 1. The zero-order valence-corrected chi connectivity index (χ0v) is 7.88. The van der Waals surface area contributed by atoms with Crippen LogP contribution >= 0.6 is 0 Å². The van der Waals surface area contributed by atoms with Crippen LogP contribution in [0.15, 0.2) is 0 Å². The van der Waals surface area contributed by atoms with Gasteiger partial charge in [0.05, 0.1) is 6.10 Å². The second-order valence-corrected chi connectivity index (χ2v) is 3.29. The van der Waals surface area contributed by atoms with Crippen molar-refractivity contribution in [3.8, 4) is 0 Å². The van der Waals surface area contributed by atoms with Crippen LogP contribution in [-0.2, 0) is 9.53 Å². The lowest BCUT2D eigenvalue weighted by Crippen LogP contribution is -2.29. The van der Waals surface area contributed by atoms with Crippen molar-refractivity contribution in [2.45, 2.75) is 32.3 Å². The second kappa shape index (κ2) is 4.45. The summed E-state index contributed by atoms with van der Waals surface area (Å²) in [4.78, 5) is 12.9. The van der Waals surface area contributed by atoms with Gasteiger partial charge in [-0.1, -0.05) is 0 Å². The molecule has 1 heterocycles. The molecule has 0 bridgehead atoms. The monoisotopic (exact) mass is 171 g/mol. The largest absolute Gasteiger partial charge is 0.381 e. The predicted octanol–water partition coefficient (Wildman–Crippen LogP) is 1.03. The fraction of sp³-hybridized carbons (Fsp3) is 0.889. The molecule has 0 aromatic carbocycles. The number of nitrogens with zero attached hydrogens (tertiary/aromatic N) is 1. The van der Waals surface area contributed by atoms with Gasteiger partial charge in [-0.15, -0.1) is 0 Å². The summed E-state index contributed by atoms with van der Waals surface area (Å²) in [6, 6.07) is 0. The van der Waals surface area contributed by atoms with E-state index in [2.05, 4.69) is 0 Å². The number of amides is 1. The van der Waals surface area contributed by atoms with E-state index in [1.54, 1.807) is 14.0 Å². The third-order valence-corrected chi connectivity index (χ3v) is 2.45. The van der Waals surface area contributed by atoms with Gasteiger partial charge >= 0.3 is 0 Å². The zero-order valence-electron chi connectivity index (χ0n) is 7.88. The van der Waals surface area contributed by atoms with Gasteiger partial charge in [-0.25, -0.2) is 0 Å². The van der Waals surface area contributed by atoms with Gasteiger partial charge in [-0.2, -0.15) is 0 Å². The maximum atomic E-state index is 11.0. The van der Waals surface area contributed by atoms with Crippen LogP contribution in [0.2, 0.25) is 0 Å². The minimum absolute atomic E-state index is 0.187. The van der Waals surface area contributed by atoms with E-state index in [9.17, 15) is 4.79 Å². The average Bonchev–Trinajstić information content (AvgIpc) is 2.28. The van der Waals surface area contributed by atoms with Crippen LogP contribution in [0, 0.1) is 0 Å². The SMILES string of the molecule is COC1CCCN(C(C)=O)CC1. The quantitative estimate of drug-likeness (QED) is 0.590. The van der Waals surface area contributed by atoms with E-state index in [-0.39, 0.29) is 5.91 Å². The molecule has 0 aromatic rings. The summed E-state index contributed by atoms with van der Waals surface area (Å²) in [5.74, 6) is 0.187. The maximum absolute atomic E-state index is 11.0. The summed E-state index contributed by atoms with van der Waals surface area (Å²) in [6.07, 6.45) is 3.49. The second-order valence-electron chi connectivity index (χ2n) is 3.29. The highest BCUT2D eigenvalue weighted by atomic mass is 16.5. The van der Waals surface area contributed by atoms with Crippen LogP contribution in [0.1, 0.15) is 26.2 Å². The fourth-order valence-electron chi connectivity index (χ4n) is 1.62. The Bertz CT molecular complexity index is 159. The standard InChI is InChI=1S/C9H17NO2/c1-8(11)10-6-3-4-9(12-2)5-7-10/h9H,3-7H2,1-2H3. The summed E-state index contributed by atoms with van der Waals surface area (Å²) in [5.41, 5.74) is 0. The molecule has 3 nitrogen and oxygen atoms in total. The lowest BCUT2D eigenvalue weighted by molar-refractivity contribution is -0.128. The van der Waals surface area contributed by atoms with Crippen molar-refractivity contribution >= 4 is 5.91 Å². The van der Waals surface area contributed by atoms with Crippen LogP contribution in [-0.4, -0.2) is 37.1 Å². The third-order valence-electron chi connectivity index (χ3n) is 2.45. The molecule has 1 aliphatic rings. The molecule has 1 fully saturated rings. The van der Waals surface area contributed by atoms with Crippen molar-refractivity contribution in [3.05, 3.63) is 0 Å². The zero-order chi connectivity index (χ0) is 8.97. The number of carbonyl (C=O) groups is 1. The van der Waals surface area contributed by atoms with Gasteiger partial charge < -0.3 is 9.64 Å². The van der Waals surface area contributed by atoms with Crippen LogP contribution in [0.25, 0.3) is 0 Å². The molecule has 0 aromatic heterocycles. The number of hydrogen-bond acceptors (Lipinski definition) is 2. The Hall–Kier alpha value is -0.570. The number of likely N-dealkylation sites (tertiary alicyclic amines) is 1.